The molecular weight excluding hydrogens is 390 g/mol. The summed E-state index contributed by atoms with van der Waals surface area (Å²) in [5, 5.41) is 4.54. The van der Waals surface area contributed by atoms with Gasteiger partial charge in [0.05, 0.1) is 18.3 Å². The Kier molecular flexibility index (Phi) is 5.18. The lowest BCUT2D eigenvalue weighted by Crippen LogP contribution is -2.41. The van der Waals surface area contributed by atoms with Crippen molar-refractivity contribution in [3.8, 4) is 0 Å². The van der Waals surface area contributed by atoms with Crippen LogP contribution in [0.3, 0.4) is 0 Å². The van der Waals surface area contributed by atoms with Crippen LogP contribution in [0.15, 0.2) is 68.1 Å². The molecule has 7 nitrogen and oxygen atoms in total. The maximum Gasteiger partial charge on any atom is 0.332 e. The molecule has 1 amide bonds. The molecule has 4 aromatic rings. The zero-order valence-electron chi connectivity index (χ0n) is 15.8. The number of aromatic nitrogens is 2. The fourth-order valence-electron chi connectivity index (χ4n) is 3.15. The first-order valence-corrected chi connectivity index (χ1v) is 10.1. The lowest BCUT2D eigenvalue weighted by atomic mass is 10.1. The molecule has 0 saturated carbocycles. The first-order chi connectivity index (χ1) is 14.1. The van der Waals surface area contributed by atoms with E-state index in [1.807, 2.05) is 24.3 Å². The van der Waals surface area contributed by atoms with E-state index in [-0.39, 0.29) is 24.6 Å². The number of carbonyl (C=O) groups excluding carboxylic acids is 1. The molecular formula is C21H19N3O4S. The number of hydrogen-bond acceptors (Lipinski definition) is 5. The average molecular weight is 409 g/mol. The highest BCUT2D eigenvalue weighted by molar-refractivity contribution is 7.17. The molecule has 0 spiro atoms. The van der Waals surface area contributed by atoms with Gasteiger partial charge in [-0.2, -0.15) is 0 Å². The summed E-state index contributed by atoms with van der Waals surface area (Å²) in [7, 11) is 0. The third-order valence-corrected chi connectivity index (χ3v) is 5.57. The van der Waals surface area contributed by atoms with Crippen molar-refractivity contribution < 1.29 is 9.21 Å². The Morgan fingerprint density at radius 2 is 1.90 bits per heavy atom. The molecule has 3 heterocycles. The number of anilines is 1. The number of amides is 1. The van der Waals surface area contributed by atoms with E-state index in [0.717, 1.165) is 11.0 Å². The van der Waals surface area contributed by atoms with Crippen LogP contribution < -0.4 is 16.6 Å². The number of carbonyl (C=O) groups is 1. The van der Waals surface area contributed by atoms with Crippen LogP contribution in [0.2, 0.25) is 0 Å². The average Bonchev–Trinajstić information content (AvgIpc) is 3.41. The molecule has 29 heavy (non-hydrogen) atoms. The van der Waals surface area contributed by atoms with Crippen LogP contribution in [0.1, 0.15) is 18.2 Å². The van der Waals surface area contributed by atoms with E-state index < -0.39 is 5.69 Å². The molecule has 0 unspecified atom stereocenters. The summed E-state index contributed by atoms with van der Waals surface area (Å²) in [6, 6.07) is 12.6. The highest BCUT2D eigenvalue weighted by Crippen LogP contribution is 2.16. The van der Waals surface area contributed by atoms with E-state index in [4.69, 9.17) is 4.42 Å². The number of thiophene rings is 1. The maximum absolute atomic E-state index is 13.0. The second-order valence-corrected chi connectivity index (χ2v) is 7.49. The van der Waals surface area contributed by atoms with Gasteiger partial charge in [-0.3, -0.25) is 18.7 Å². The molecule has 0 aliphatic heterocycles. The van der Waals surface area contributed by atoms with Gasteiger partial charge in [0.25, 0.3) is 5.56 Å². The highest BCUT2D eigenvalue weighted by Gasteiger charge is 2.17. The predicted molar refractivity (Wildman–Crippen MR) is 113 cm³/mol. The van der Waals surface area contributed by atoms with E-state index in [1.165, 1.54) is 27.7 Å². The Labute approximate surface area is 169 Å². The molecule has 0 bridgehead atoms. The second kappa shape index (κ2) is 7.92. The van der Waals surface area contributed by atoms with Gasteiger partial charge in [-0.25, -0.2) is 4.79 Å². The Morgan fingerprint density at radius 1 is 1.10 bits per heavy atom. The van der Waals surface area contributed by atoms with E-state index in [0.29, 0.717) is 21.7 Å². The zero-order chi connectivity index (χ0) is 20.4. The standard InChI is InChI=1S/C21H19N3O4S/c1-2-14-5-7-15(8-6-14)22-18(25)13-23-17-9-11-29-19(17)20(26)24(21(23)27)12-16-4-3-10-28-16/h3-11H,2,12-13H2,1H3,(H,22,25). The largest absolute Gasteiger partial charge is 0.467 e. The Hall–Kier alpha value is -3.39. The van der Waals surface area contributed by atoms with Crippen molar-refractivity contribution >= 4 is 33.1 Å². The van der Waals surface area contributed by atoms with Gasteiger partial charge in [0.2, 0.25) is 5.91 Å². The van der Waals surface area contributed by atoms with Crippen molar-refractivity contribution in [2.75, 3.05) is 5.32 Å². The molecule has 0 fully saturated rings. The van der Waals surface area contributed by atoms with Gasteiger partial charge in [0.15, 0.2) is 0 Å². The van der Waals surface area contributed by atoms with Gasteiger partial charge >= 0.3 is 5.69 Å². The fraction of sp³-hybridized carbons (Fsp3) is 0.190. The molecule has 0 aliphatic rings. The molecule has 0 aliphatic carbocycles. The summed E-state index contributed by atoms with van der Waals surface area (Å²) in [5.74, 6) is 0.152. The Morgan fingerprint density at radius 3 is 2.59 bits per heavy atom. The predicted octanol–water partition coefficient (Wildman–Crippen LogP) is 3.07. The van der Waals surface area contributed by atoms with Crippen molar-refractivity contribution in [1.29, 1.82) is 0 Å². The Balaban J connectivity index is 1.67. The minimum Gasteiger partial charge on any atom is -0.467 e. The summed E-state index contributed by atoms with van der Waals surface area (Å²) >= 11 is 1.24. The minimum absolute atomic E-state index is 0.0125. The second-order valence-electron chi connectivity index (χ2n) is 6.57. The monoisotopic (exact) mass is 409 g/mol. The number of nitrogens with one attached hydrogen (secondary N) is 1. The van der Waals surface area contributed by atoms with Gasteiger partial charge in [-0.05, 0) is 47.7 Å². The zero-order valence-corrected chi connectivity index (χ0v) is 16.6. The highest BCUT2D eigenvalue weighted by atomic mass is 32.1. The Bertz CT molecular complexity index is 1260. The molecule has 0 atom stereocenters. The van der Waals surface area contributed by atoms with Crippen molar-refractivity contribution in [2.24, 2.45) is 0 Å². The van der Waals surface area contributed by atoms with Gasteiger partial charge < -0.3 is 9.73 Å². The van der Waals surface area contributed by atoms with Crippen LogP contribution in [0.5, 0.6) is 0 Å². The van der Waals surface area contributed by atoms with Gasteiger partial charge in [0, 0.05) is 5.69 Å². The fourth-order valence-corrected chi connectivity index (χ4v) is 3.99. The third-order valence-electron chi connectivity index (χ3n) is 4.68. The number of furan rings is 1. The normalized spacial score (nSPS) is 11.1. The van der Waals surface area contributed by atoms with E-state index in [1.54, 1.807) is 23.6 Å². The van der Waals surface area contributed by atoms with Crippen molar-refractivity contribution in [2.45, 2.75) is 26.4 Å². The maximum atomic E-state index is 13.0. The van der Waals surface area contributed by atoms with Crippen molar-refractivity contribution in [1.82, 2.24) is 9.13 Å². The number of aryl methyl sites for hydroxylation is 1. The number of nitrogens with zero attached hydrogens (tertiary/aromatic N) is 2. The summed E-state index contributed by atoms with van der Waals surface area (Å²) in [6.45, 7) is 1.88. The van der Waals surface area contributed by atoms with E-state index in [9.17, 15) is 14.4 Å². The smallest absolute Gasteiger partial charge is 0.332 e. The van der Waals surface area contributed by atoms with Gasteiger partial charge in [0.1, 0.15) is 17.0 Å². The third kappa shape index (κ3) is 3.79. The van der Waals surface area contributed by atoms with E-state index in [2.05, 4.69) is 12.2 Å². The molecule has 1 N–H and O–H groups in total. The number of rotatable bonds is 6. The number of fused-ring (bicyclic) bond motifs is 1. The molecule has 3 aromatic heterocycles. The molecule has 148 valence electrons. The van der Waals surface area contributed by atoms with Crippen molar-refractivity contribution in [3.05, 3.63) is 86.3 Å². The van der Waals surface area contributed by atoms with E-state index >= 15 is 0 Å². The first kappa shape index (κ1) is 18.9. The molecule has 8 heteroatoms. The molecule has 4 rings (SSSR count). The molecule has 1 aromatic carbocycles. The van der Waals surface area contributed by atoms with Crippen LogP contribution in [-0.4, -0.2) is 15.0 Å². The first-order valence-electron chi connectivity index (χ1n) is 9.19. The summed E-state index contributed by atoms with van der Waals surface area (Å²) in [4.78, 5) is 38.3. The number of benzene rings is 1. The molecule has 0 saturated heterocycles. The van der Waals surface area contributed by atoms with Crippen LogP contribution in [0, 0.1) is 0 Å². The minimum atomic E-state index is -0.547. The summed E-state index contributed by atoms with van der Waals surface area (Å²) in [6.07, 6.45) is 2.40. The number of hydrogen-bond donors (Lipinski definition) is 1. The quantitative estimate of drug-likeness (QED) is 0.530. The lowest BCUT2D eigenvalue weighted by Gasteiger charge is -2.12. The topological polar surface area (TPSA) is 86.2 Å². The SMILES string of the molecule is CCc1ccc(NC(=O)Cn2c(=O)n(Cc3ccco3)c(=O)c3sccc32)cc1. The lowest BCUT2D eigenvalue weighted by molar-refractivity contribution is -0.116. The summed E-state index contributed by atoms with van der Waals surface area (Å²) in [5.41, 5.74) is 1.35. The van der Waals surface area contributed by atoms with Crippen LogP contribution >= 0.6 is 11.3 Å². The van der Waals surface area contributed by atoms with Crippen LogP contribution in [0.25, 0.3) is 10.2 Å². The van der Waals surface area contributed by atoms with Gasteiger partial charge in [-0.15, -0.1) is 11.3 Å². The molecule has 0 radical (unpaired) electrons. The van der Waals surface area contributed by atoms with Crippen LogP contribution in [-0.2, 0) is 24.3 Å². The van der Waals surface area contributed by atoms with Crippen LogP contribution in [0.4, 0.5) is 5.69 Å². The summed E-state index contributed by atoms with van der Waals surface area (Å²) < 4.78 is 8.13. The van der Waals surface area contributed by atoms with Gasteiger partial charge in [-0.1, -0.05) is 19.1 Å². The van der Waals surface area contributed by atoms with Crippen molar-refractivity contribution in [3.63, 3.8) is 0 Å².